The first kappa shape index (κ1) is 14.5. The number of hydrogen-bond donors (Lipinski definition) is 1. The van der Waals surface area contributed by atoms with Crippen molar-refractivity contribution in [2.75, 3.05) is 20.3 Å². The summed E-state index contributed by atoms with van der Waals surface area (Å²) in [6.45, 7) is 3.22. The maximum absolute atomic E-state index is 4.98. The minimum absolute atomic E-state index is 0.726. The molecule has 0 aliphatic carbocycles. The topological polar surface area (TPSA) is 39.1 Å². The van der Waals surface area contributed by atoms with Crippen molar-refractivity contribution in [3.8, 4) is 0 Å². The fraction of sp³-hybridized carbons (Fsp3) is 0.357. The van der Waals surface area contributed by atoms with Crippen LogP contribution in [0.25, 0.3) is 0 Å². The van der Waals surface area contributed by atoms with E-state index >= 15 is 0 Å². The molecule has 5 heteroatoms. The maximum Gasteiger partial charge on any atom is 0.0953 e. The molecular formula is C14H18IN3O. The third-order valence-electron chi connectivity index (χ3n) is 2.75. The average molecular weight is 371 g/mol. The summed E-state index contributed by atoms with van der Waals surface area (Å²) >= 11 is 2.32. The first-order chi connectivity index (χ1) is 9.28. The lowest BCUT2D eigenvalue weighted by atomic mass is 10.2. The zero-order valence-corrected chi connectivity index (χ0v) is 13.1. The van der Waals surface area contributed by atoms with Gasteiger partial charge >= 0.3 is 0 Å². The fourth-order valence-electron chi connectivity index (χ4n) is 1.78. The van der Waals surface area contributed by atoms with Gasteiger partial charge in [-0.3, -0.25) is 0 Å². The summed E-state index contributed by atoms with van der Waals surface area (Å²) in [5.74, 6) is 0. The van der Waals surface area contributed by atoms with E-state index in [1.165, 1.54) is 9.13 Å². The molecule has 2 aromatic rings. The van der Waals surface area contributed by atoms with E-state index in [1.54, 1.807) is 7.11 Å². The molecule has 0 radical (unpaired) electrons. The van der Waals surface area contributed by atoms with Crippen LogP contribution in [0.3, 0.4) is 0 Å². The molecule has 19 heavy (non-hydrogen) atoms. The lowest BCUT2D eigenvalue weighted by Gasteiger charge is -2.03. The summed E-state index contributed by atoms with van der Waals surface area (Å²) in [7, 11) is 1.71. The minimum Gasteiger partial charge on any atom is -0.383 e. The molecule has 0 bridgehead atoms. The van der Waals surface area contributed by atoms with Crippen molar-refractivity contribution in [1.82, 2.24) is 14.9 Å². The summed E-state index contributed by atoms with van der Waals surface area (Å²) in [5.41, 5.74) is 2.35. The molecule has 4 nitrogen and oxygen atoms in total. The van der Waals surface area contributed by atoms with Crippen LogP contribution in [0.1, 0.15) is 11.3 Å². The van der Waals surface area contributed by atoms with Gasteiger partial charge in [-0.2, -0.15) is 0 Å². The molecule has 1 aromatic carbocycles. The first-order valence-corrected chi connectivity index (χ1v) is 7.30. The van der Waals surface area contributed by atoms with Gasteiger partial charge in [0.25, 0.3) is 0 Å². The van der Waals surface area contributed by atoms with Gasteiger partial charge in [0.05, 0.1) is 18.6 Å². The molecule has 1 aromatic heterocycles. The Bertz CT molecular complexity index is 496. The molecule has 1 N–H and O–H groups in total. The molecule has 0 aliphatic heterocycles. The molecular weight excluding hydrogens is 353 g/mol. The molecule has 1 heterocycles. The fourth-order valence-corrected chi connectivity index (χ4v) is 2.14. The van der Waals surface area contributed by atoms with E-state index in [-0.39, 0.29) is 0 Å². The van der Waals surface area contributed by atoms with E-state index in [4.69, 9.17) is 4.74 Å². The molecule has 0 saturated carbocycles. The van der Waals surface area contributed by atoms with Gasteiger partial charge in [0.15, 0.2) is 0 Å². The van der Waals surface area contributed by atoms with Crippen molar-refractivity contribution in [3.63, 3.8) is 0 Å². The first-order valence-electron chi connectivity index (χ1n) is 6.22. The van der Waals surface area contributed by atoms with Crippen molar-refractivity contribution in [3.05, 3.63) is 51.6 Å². The van der Waals surface area contributed by atoms with Crippen molar-refractivity contribution in [1.29, 1.82) is 0 Å². The highest BCUT2D eigenvalue weighted by atomic mass is 127. The van der Waals surface area contributed by atoms with Gasteiger partial charge in [-0.05, 0) is 40.3 Å². The normalized spacial score (nSPS) is 10.8. The van der Waals surface area contributed by atoms with Crippen molar-refractivity contribution in [2.24, 2.45) is 0 Å². The Morgan fingerprint density at radius 1 is 1.32 bits per heavy atom. The summed E-state index contributed by atoms with van der Waals surface area (Å²) in [5, 5.41) is 3.29. The zero-order chi connectivity index (χ0) is 13.5. The number of halogens is 1. The summed E-state index contributed by atoms with van der Waals surface area (Å²) in [6.07, 6.45) is 3.96. The lowest BCUT2D eigenvalue weighted by Crippen LogP contribution is -2.18. The van der Waals surface area contributed by atoms with Crippen LogP contribution in [0, 0.1) is 3.57 Å². The SMILES string of the molecule is COCCNCc1cn(Cc2ccc(I)cc2)cn1. The molecule has 0 saturated heterocycles. The number of methoxy groups -OCH3 is 1. The summed E-state index contributed by atoms with van der Waals surface area (Å²) in [6, 6.07) is 8.55. The van der Waals surface area contributed by atoms with E-state index in [0.29, 0.717) is 0 Å². The van der Waals surface area contributed by atoms with E-state index in [2.05, 4.69) is 67.9 Å². The molecule has 2 rings (SSSR count). The van der Waals surface area contributed by atoms with Crippen molar-refractivity contribution in [2.45, 2.75) is 13.1 Å². The molecule has 0 aliphatic rings. The minimum atomic E-state index is 0.726. The highest BCUT2D eigenvalue weighted by molar-refractivity contribution is 14.1. The van der Waals surface area contributed by atoms with Crippen molar-refractivity contribution >= 4 is 22.6 Å². The number of hydrogen-bond acceptors (Lipinski definition) is 3. The highest BCUT2D eigenvalue weighted by Crippen LogP contribution is 2.08. The van der Waals surface area contributed by atoms with Crippen LogP contribution in [-0.4, -0.2) is 29.8 Å². The van der Waals surface area contributed by atoms with Gasteiger partial charge in [-0.1, -0.05) is 12.1 Å². The van der Waals surface area contributed by atoms with Crippen LogP contribution in [0.15, 0.2) is 36.8 Å². The predicted octanol–water partition coefficient (Wildman–Crippen LogP) is 2.27. The zero-order valence-electron chi connectivity index (χ0n) is 11.0. The Morgan fingerprint density at radius 3 is 2.84 bits per heavy atom. The number of ether oxygens (including phenoxy) is 1. The van der Waals surface area contributed by atoms with E-state index in [9.17, 15) is 0 Å². The summed E-state index contributed by atoms with van der Waals surface area (Å²) < 4.78 is 8.35. The third-order valence-corrected chi connectivity index (χ3v) is 3.47. The Morgan fingerprint density at radius 2 is 2.11 bits per heavy atom. The highest BCUT2D eigenvalue weighted by Gasteiger charge is 2.00. The number of benzene rings is 1. The second-order valence-corrected chi connectivity index (χ2v) is 5.58. The smallest absolute Gasteiger partial charge is 0.0953 e. The monoisotopic (exact) mass is 371 g/mol. The number of rotatable bonds is 7. The average Bonchev–Trinajstić information content (AvgIpc) is 2.85. The number of aromatic nitrogens is 2. The molecule has 0 fully saturated rings. The molecule has 0 spiro atoms. The Kier molecular flexibility index (Phi) is 5.81. The quantitative estimate of drug-likeness (QED) is 0.600. The maximum atomic E-state index is 4.98. The van der Waals surface area contributed by atoms with Gasteiger partial charge in [-0.25, -0.2) is 4.98 Å². The second kappa shape index (κ2) is 7.62. The van der Waals surface area contributed by atoms with Crippen LogP contribution in [0.4, 0.5) is 0 Å². The van der Waals surface area contributed by atoms with Crippen LogP contribution in [0.2, 0.25) is 0 Å². The third kappa shape index (κ3) is 4.93. The Hall–Kier alpha value is -0.920. The van der Waals surface area contributed by atoms with Gasteiger partial charge in [0.1, 0.15) is 0 Å². The Labute approximate surface area is 127 Å². The standard InChI is InChI=1S/C14H18IN3O/c1-19-7-6-16-8-14-10-18(11-17-14)9-12-2-4-13(15)5-3-12/h2-5,10-11,16H,6-9H2,1H3. The van der Waals surface area contributed by atoms with E-state index < -0.39 is 0 Å². The van der Waals surface area contributed by atoms with E-state index in [1.807, 2.05) is 6.33 Å². The Balaban J connectivity index is 1.85. The van der Waals surface area contributed by atoms with Crippen LogP contribution in [-0.2, 0) is 17.8 Å². The molecule has 0 atom stereocenters. The van der Waals surface area contributed by atoms with Gasteiger partial charge in [-0.15, -0.1) is 0 Å². The molecule has 0 unspecified atom stereocenters. The summed E-state index contributed by atoms with van der Waals surface area (Å²) in [4.78, 5) is 4.39. The predicted molar refractivity (Wildman–Crippen MR) is 84.1 cm³/mol. The largest absolute Gasteiger partial charge is 0.383 e. The van der Waals surface area contributed by atoms with Gasteiger partial charge in [0.2, 0.25) is 0 Å². The van der Waals surface area contributed by atoms with E-state index in [0.717, 1.165) is 31.9 Å². The molecule has 102 valence electrons. The lowest BCUT2D eigenvalue weighted by molar-refractivity contribution is 0.199. The second-order valence-electron chi connectivity index (χ2n) is 4.33. The number of imidazole rings is 1. The van der Waals surface area contributed by atoms with Gasteiger partial charge in [0, 0.05) is 36.5 Å². The van der Waals surface area contributed by atoms with Crippen LogP contribution in [0.5, 0.6) is 0 Å². The van der Waals surface area contributed by atoms with Crippen LogP contribution < -0.4 is 5.32 Å². The number of nitrogens with zero attached hydrogens (tertiary/aromatic N) is 2. The number of nitrogens with one attached hydrogen (secondary N) is 1. The van der Waals surface area contributed by atoms with Crippen molar-refractivity contribution < 1.29 is 4.74 Å². The van der Waals surface area contributed by atoms with Crippen LogP contribution >= 0.6 is 22.6 Å². The van der Waals surface area contributed by atoms with Gasteiger partial charge < -0.3 is 14.6 Å². The molecule has 0 amide bonds.